The van der Waals surface area contributed by atoms with E-state index in [1.165, 1.54) is 18.3 Å². The summed E-state index contributed by atoms with van der Waals surface area (Å²) in [5, 5.41) is 32.9. The van der Waals surface area contributed by atoms with Gasteiger partial charge in [0, 0.05) is 12.3 Å². The normalized spacial score (nSPS) is 11.9. The zero-order valence-corrected chi connectivity index (χ0v) is 13.4. The fraction of sp³-hybridized carbons (Fsp3) is 0.235. The van der Waals surface area contributed by atoms with E-state index in [-0.39, 0.29) is 34.0 Å². The van der Waals surface area contributed by atoms with E-state index in [4.69, 9.17) is 10.1 Å². The zero-order valence-electron chi connectivity index (χ0n) is 13.4. The molecule has 1 aromatic heterocycles. The molecule has 0 unspecified atom stereocenters. The number of rotatable bonds is 3. The van der Waals surface area contributed by atoms with Gasteiger partial charge in [-0.1, -0.05) is 5.16 Å². The van der Waals surface area contributed by atoms with E-state index >= 15 is 0 Å². The number of nitrogens with zero attached hydrogens (tertiary/aromatic N) is 3. The number of phenols is 1. The van der Waals surface area contributed by atoms with Crippen LogP contribution in [0.4, 0.5) is 4.39 Å². The van der Waals surface area contributed by atoms with E-state index in [9.17, 15) is 14.6 Å². The molecule has 0 saturated carbocycles. The van der Waals surface area contributed by atoms with Gasteiger partial charge in [0.15, 0.2) is 0 Å². The van der Waals surface area contributed by atoms with Crippen molar-refractivity contribution in [2.45, 2.75) is 26.4 Å². The van der Waals surface area contributed by atoms with Crippen LogP contribution >= 0.6 is 0 Å². The van der Waals surface area contributed by atoms with Crippen molar-refractivity contribution in [1.82, 2.24) is 4.98 Å². The first-order valence-electron chi connectivity index (χ1n) is 7.06. The fourth-order valence-corrected chi connectivity index (χ4v) is 1.82. The highest BCUT2D eigenvalue weighted by Crippen LogP contribution is 2.27. The van der Waals surface area contributed by atoms with Crippen molar-refractivity contribution in [2.75, 3.05) is 0 Å². The number of aromatic nitrogens is 1. The lowest BCUT2D eigenvalue weighted by Gasteiger charge is -2.17. The molecule has 0 bridgehead atoms. The Labute approximate surface area is 138 Å². The molecule has 0 atom stereocenters. The number of nitriles is 1. The van der Waals surface area contributed by atoms with Crippen molar-refractivity contribution in [1.29, 1.82) is 5.26 Å². The molecule has 124 valence electrons. The quantitative estimate of drug-likeness (QED) is 0.666. The molecule has 0 aliphatic rings. The second-order valence-corrected chi connectivity index (χ2v) is 5.98. The first-order chi connectivity index (χ1) is 11.2. The summed E-state index contributed by atoms with van der Waals surface area (Å²) in [5.41, 5.74) is -1.05. The van der Waals surface area contributed by atoms with Gasteiger partial charge in [-0.2, -0.15) is 5.26 Å². The van der Waals surface area contributed by atoms with Crippen LogP contribution in [0.3, 0.4) is 0 Å². The third-order valence-corrected chi connectivity index (χ3v) is 2.88. The number of phenolic OH excluding ortho intramolecular Hbond substituents is 1. The van der Waals surface area contributed by atoms with Crippen LogP contribution in [0.1, 0.15) is 37.6 Å². The summed E-state index contributed by atoms with van der Waals surface area (Å²) in [7, 11) is 0. The summed E-state index contributed by atoms with van der Waals surface area (Å²) >= 11 is 0. The molecule has 0 spiro atoms. The average molecular weight is 329 g/mol. The Morgan fingerprint density at radius 3 is 2.58 bits per heavy atom. The summed E-state index contributed by atoms with van der Waals surface area (Å²) in [6.07, 6.45) is 1.42. The third-order valence-electron chi connectivity index (χ3n) is 2.88. The molecule has 1 heterocycles. The number of hydrogen-bond donors (Lipinski definition) is 2. The van der Waals surface area contributed by atoms with Gasteiger partial charge in [-0.3, -0.25) is 4.98 Å². The largest absolute Gasteiger partial charge is 0.507 e. The molecular formula is C17H16FN3O3. The van der Waals surface area contributed by atoms with Gasteiger partial charge in [0.25, 0.3) is 0 Å². The van der Waals surface area contributed by atoms with E-state index < -0.39 is 11.4 Å². The van der Waals surface area contributed by atoms with E-state index in [1.807, 2.05) is 0 Å². The smallest absolute Gasteiger partial charge is 0.143 e. The summed E-state index contributed by atoms with van der Waals surface area (Å²) < 4.78 is 14.0. The number of aromatic hydroxyl groups is 2. The summed E-state index contributed by atoms with van der Waals surface area (Å²) in [4.78, 5) is 9.35. The van der Waals surface area contributed by atoms with E-state index in [0.717, 1.165) is 12.1 Å². The monoisotopic (exact) mass is 329 g/mol. The van der Waals surface area contributed by atoms with Gasteiger partial charge in [-0.15, -0.1) is 0 Å². The van der Waals surface area contributed by atoms with Gasteiger partial charge in [0.05, 0.1) is 11.1 Å². The number of benzene rings is 1. The van der Waals surface area contributed by atoms with Crippen molar-refractivity contribution in [3.05, 3.63) is 53.1 Å². The minimum absolute atomic E-state index is 0.0150. The molecule has 6 nitrogen and oxygen atoms in total. The Hall–Kier alpha value is -3.14. The van der Waals surface area contributed by atoms with Crippen LogP contribution in [0, 0.1) is 17.1 Å². The van der Waals surface area contributed by atoms with Crippen LogP contribution in [-0.2, 0) is 4.84 Å². The zero-order chi connectivity index (χ0) is 17.9. The van der Waals surface area contributed by atoms with Crippen molar-refractivity contribution >= 4 is 5.71 Å². The highest BCUT2D eigenvalue weighted by atomic mass is 19.1. The highest BCUT2D eigenvalue weighted by molar-refractivity contribution is 6.14. The van der Waals surface area contributed by atoms with Crippen molar-refractivity contribution < 1.29 is 19.4 Å². The predicted molar refractivity (Wildman–Crippen MR) is 85.2 cm³/mol. The minimum Gasteiger partial charge on any atom is -0.507 e. The van der Waals surface area contributed by atoms with Crippen LogP contribution in [0.25, 0.3) is 0 Å². The highest BCUT2D eigenvalue weighted by Gasteiger charge is 2.21. The molecule has 2 aromatic rings. The predicted octanol–water partition coefficient (Wildman–Crippen LogP) is 3.07. The molecule has 0 saturated heterocycles. The average Bonchev–Trinajstić information content (AvgIpc) is 2.50. The van der Waals surface area contributed by atoms with E-state index in [2.05, 4.69) is 10.1 Å². The number of oxime groups is 1. The van der Waals surface area contributed by atoms with Gasteiger partial charge in [0.1, 0.15) is 40.4 Å². The summed E-state index contributed by atoms with van der Waals surface area (Å²) in [6.45, 7) is 5.27. The minimum atomic E-state index is -0.829. The standard InChI is InChI=1S/C17H16FN3O3/c1-17(2,3)24-21-15(16-13(22)5-4-6-20-16)11-8-12(18)10(9-19)7-14(11)23/h4-8,22-23H,1-3H3. The van der Waals surface area contributed by atoms with Gasteiger partial charge in [-0.25, -0.2) is 4.39 Å². The van der Waals surface area contributed by atoms with Gasteiger partial charge < -0.3 is 15.1 Å². The third kappa shape index (κ3) is 3.79. The maximum absolute atomic E-state index is 14.0. The first kappa shape index (κ1) is 17.2. The molecule has 0 radical (unpaired) electrons. The summed E-state index contributed by atoms with van der Waals surface area (Å²) in [6, 6.07) is 6.47. The molecular weight excluding hydrogens is 313 g/mol. The molecule has 2 N–H and O–H groups in total. The van der Waals surface area contributed by atoms with Crippen molar-refractivity contribution in [3.8, 4) is 17.6 Å². The Morgan fingerprint density at radius 1 is 1.29 bits per heavy atom. The van der Waals surface area contributed by atoms with Crippen LogP contribution in [0.2, 0.25) is 0 Å². The molecule has 7 heteroatoms. The van der Waals surface area contributed by atoms with Crippen LogP contribution in [0.5, 0.6) is 11.5 Å². The van der Waals surface area contributed by atoms with Crippen LogP contribution in [-0.4, -0.2) is 26.5 Å². The molecule has 0 aliphatic heterocycles. The van der Waals surface area contributed by atoms with Crippen LogP contribution in [0.15, 0.2) is 35.6 Å². The Balaban J connectivity index is 2.66. The maximum atomic E-state index is 14.0. The topological polar surface area (TPSA) is 98.7 Å². The molecule has 0 aliphatic carbocycles. The molecule has 24 heavy (non-hydrogen) atoms. The Morgan fingerprint density at radius 2 is 2.00 bits per heavy atom. The van der Waals surface area contributed by atoms with E-state index in [0.29, 0.717) is 0 Å². The molecule has 1 aromatic carbocycles. The van der Waals surface area contributed by atoms with Crippen molar-refractivity contribution in [2.24, 2.45) is 5.16 Å². The van der Waals surface area contributed by atoms with Crippen LogP contribution < -0.4 is 0 Å². The second-order valence-electron chi connectivity index (χ2n) is 5.98. The van der Waals surface area contributed by atoms with Gasteiger partial charge in [-0.05, 0) is 39.0 Å². The number of halogens is 1. The maximum Gasteiger partial charge on any atom is 0.143 e. The van der Waals surface area contributed by atoms with E-state index in [1.54, 1.807) is 26.8 Å². The SMILES string of the molecule is CC(C)(C)ON=C(c1cc(F)c(C#N)cc1O)c1ncccc1O. The molecule has 0 fully saturated rings. The van der Waals surface area contributed by atoms with Gasteiger partial charge in [0.2, 0.25) is 0 Å². The fourth-order valence-electron chi connectivity index (χ4n) is 1.82. The Bertz CT molecular complexity index is 836. The number of pyridine rings is 1. The molecule has 2 rings (SSSR count). The summed E-state index contributed by atoms with van der Waals surface area (Å²) in [5.74, 6) is -1.42. The first-order valence-corrected chi connectivity index (χ1v) is 7.06. The van der Waals surface area contributed by atoms with Gasteiger partial charge >= 0.3 is 0 Å². The molecule has 0 amide bonds. The lowest BCUT2D eigenvalue weighted by atomic mass is 10.0. The second kappa shape index (κ2) is 6.54. The lowest BCUT2D eigenvalue weighted by molar-refractivity contribution is 0.00108. The lowest BCUT2D eigenvalue weighted by Crippen LogP contribution is -2.18. The van der Waals surface area contributed by atoms with Crippen molar-refractivity contribution in [3.63, 3.8) is 0 Å². The Kier molecular flexibility index (Phi) is 4.69. The number of hydrogen-bond acceptors (Lipinski definition) is 6.